The van der Waals surface area contributed by atoms with E-state index in [9.17, 15) is 28.8 Å². The van der Waals surface area contributed by atoms with Gasteiger partial charge in [-0.3, -0.25) is 19.2 Å². The van der Waals surface area contributed by atoms with Crippen LogP contribution < -0.4 is 0 Å². The Morgan fingerprint density at radius 3 is 2.04 bits per heavy atom. The van der Waals surface area contributed by atoms with Crippen LogP contribution in [0.15, 0.2) is 42.6 Å². The number of nitrogens with zero attached hydrogens (tertiary/aromatic N) is 2. The first kappa shape index (κ1) is 47.1. The van der Waals surface area contributed by atoms with Gasteiger partial charge in [-0.2, -0.15) is 0 Å². The predicted octanol–water partition coefficient (Wildman–Crippen LogP) is 7.33. The standard InChI is InChI=1S/C44H66N2O11/c1-11-12-14-21-31(46(23-17-18-25-47)41(52)54-28-30-19-15-13-16-20-30)26-32-27-33(48)22-24-45(32)37-36(57-40(51)44(8,9)10)35(56-39(50)43(5,6)7)34(29-53-37)55-38(49)42(2,3)4/h13,15-16,19-20,22,24-25,31-32,34-37H,11-12,14,17-18,21,23,26-29H2,1-10H3/t31-,32+,34-,35?,36?,37+/m1/s1. The van der Waals surface area contributed by atoms with Crippen molar-refractivity contribution in [3.05, 3.63) is 48.2 Å². The highest BCUT2D eigenvalue weighted by Crippen LogP contribution is 2.35. The fraction of sp³-hybridized carbons (Fsp3) is 0.682. The van der Waals surface area contributed by atoms with E-state index in [0.717, 1.165) is 31.1 Å². The van der Waals surface area contributed by atoms with Gasteiger partial charge in [-0.05, 0) is 93.2 Å². The number of aldehydes is 1. The zero-order valence-corrected chi connectivity index (χ0v) is 35.7. The molecule has 2 aliphatic rings. The molecule has 2 aliphatic heterocycles. The molecule has 0 radical (unpaired) electrons. The number of ketones is 1. The molecule has 0 N–H and O–H groups in total. The van der Waals surface area contributed by atoms with Gasteiger partial charge in [0.15, 0.2) is 30.3 Å². The van der Waals surface area contributed by atoms with E-state index in [4.69, 9.17) is 23.7 Å². The van der Waals surface area contributed by atoms with Crippen LogP contribution in [0.4, 0.5) is 4.79 Å². The molecule has 0 spiro atoms. The summed E-state index contributed by atoms with van der Waals surface area (Å²) in [5, 5.41) is 0. The largest absolute Gasteiger partial charge is 0.455 e. The van der Waals surface area contributed by atoms with Crippen molar-refractivity contribution in [3.63, 3.8) is 0 Å². The first-order valence-corrected chi connectivity index (χ1v) is 20.3. The summed E-state index contributed by atoms with van der Waals surface area (Å²) in [6.07, 6.45) is 2.82. The topological polar surface area (TPSA) is 155 Å². The number of allylic oxidation sites excluding steroid dienone is 1. The van der Waals surface area contributed by atoms with Gasteiger partial charge in [0, 0.05) is 37.7 Å². The van der Waals surface area contributed by atoms with Crippen LogP contribution in [0.5, 0.6) is 0 Å². The van der Waals surface area contributed by atoms with Gasteiger partial charge in [0.25, 0.3) is 0 Å². The second-order valence-corrected chi connectivity index (χ2v) is 18.2. The van der Waals surface area contributed by atoms with Crippen LogP contribution in [0.25, 0.3) is 0 Å². The summed E-state index contributed by atoms with van der Waals surface area (Å²) in [7, 11) is 0. The lowest BCUT2D eigenvalue weighted by atomic mass is 9.91. The van der Waals surface area contributed by atoms with Crippen LogP contribution in [0.2, 0.25) is 0 Å². The van der Waals surface area contributed by atoms with Gasteiger partial charge in [0.2, 0.25) is 0 Å². The molecule has 2 heterocycles. The number of carbonyl (C=O) groups excluding carboxylic acids is 6. The molecule has 6 atom stereocenters. The zero-order chi connectivity index (χ0) is 42.6. The lowest BCUT2D eigenvalue weighted by molar-refractivity contribution is -0.256. The highest BCUT2D eigenvalue weighted by atomic mass is 16.7. The molecule has 1 saturated heterocycles. The zero-order valence-electron chi connectivity index (χ0n) is 35.7. The van der Waals surface area contributed by atoms with Gasteiger partial charge in [-0.1, -0.05) is 56.5 Å². The number of benzene rings is 1. The normalized spacial score (nSPS) is 22.0. The summed E-state index contributed by atoms with van der Waals surface area (Å²) in [5.41, 5.74) is -2.01. The summed E-state index contributed by atoms with van der Waals surface area (Å²) in [5.74, 6) is -1.90. The maximum absolute atomic E-state index is 13.9. The monoisotopic (exact) mass is 798 g/mol. The Labute approximate surface area is 339 Å². The van der Waals surface area contributed by atoms with Crippen LogP contribution in [0.3, 0.4) is 0 Å². The Kier molecular flexibility index (Phi) is 17.3. The first-order chi connectivity index (χ1) is 26.7. The summed E-state index contributed by atoms with van der Waals surface area (Å²) in [4.78, 5) is 82.4. The minimum Gasteiger partial charge on any atom is -0.455 e. The summed E-state index contributed by atoms with van der Waals surface area (Å²) < 4.78 is 30.6. The quantitative estimate of drug-likeness (QED) is 0.0671. The van der Waals surface area contributed by atoms with Crippen molar-refractivity contribution in [1.29, 1.82) is 0 Å². The average molecular weight is 799 g/mol. The van der Waals surface area contributed by atoms with E-state index < -0.39 is 76.9 Å². The molecule has 13 nitrogen and oxygen atoms in total. The third-order valence-corrected chi connectivity index (χ3v) is 9.86. The number of unbranched alkanes of at least 4 members (excludes halogenated alkanes) is 3. The Balaban J connectivity index is 2.09. The average Bonchev–Trinajstić information content (AvgIpc) is 3.13. The number of carbonyl (C=O) groups is 6. The SMILES string of the molecule is CCCCC[C@H](C[C@H]1CC(=O)C=CN1[C@H]1OC[C@@H](OC(=O)C(C)(C)C)C(OC(=O)C(C)(C)C)C1OC(=O)C(C)(C)C)N(CCCC=O)C(=O)OCc1ccccc1. The third-order valence-electron chi connectivity index (χ3n) is 9.86. The third kappa shape index (κ3) is 14.3. The number of amides is 1. The summed E-state index contributed by atoms with van der Waals surface area (Å²) in [6.45, 7) is 17.5. The Hall–Kier alpha value is -4.26. The second kappa shape index (κ2) is 20.9. The van der Waals surface area contributed by atoms with E-state index in [0.29, 0.717) is 19.3 Å². The maximum atomic E-state index is 13.9. The summed E-state index contributed by atoms with van der Waals surface area (Å²) in [6, 6.07) is 8.37. The minimum atomic E-state index is -1.30. The van der Waals surface area contributed by atoms with Gasteiger partial charge in [-0.25, -0.2) is 4.79 Å². The first-order valence-electron chi connectivity index (χ1n) is 20.3. The molecule has 13 heteroatoms. The van der Waals surface area contributed by atoms with Crippen LogP contribution in [0.1, 0.15) is 126 Å². The molecule has 57 heavy (non-hydrogen) atoms. The molecule has 1 aromatic carbocycles. The van der Waals surface area contributed by atoms with Gasteiger partial charge in [0.1, 0.15) is 12.9 Å². The molecule has 0 saturated carbocycles. The minimum absolute atomic E-state index is 0.0523. The van der Waals surface area contributed by atoms with Gasteiger partial charge in [0.05, 0.1) is 22.9 Å². The van der Waals surface area contributed by atoms with E-state index in [2.05, 4.69) is 6.92 Å². The number of ether oxygens (including phenoxy) is 5. The van der Waals surface area contributed by atoms with Crippen molar-refractivity contribution in [3.8, 4) is 0 Å². The van der Waals surface area contributed by atoms with Gasteiger partial charge in [-0.15, -0.1) is 0 Å². The van der Waals surface area contributed by atoms with E-state index in [1.54, 1.807) is 78.3 Å². The predicted molar refractivity (Wildman–Crippen MR) is 213 cm³/mol. The molecule has 0 aliphatic carbocycles. The fourth-order valence-electron chi connectivity index (χ4n) is 6.41. The van der Waals surface area contributed by atoms with Crippen molar-refractivity contribution in [2.24, 2.45) is 16.2 Å². The van der Waals surface area contributed by atoms with Gasteiger partial charge >= 0.3 is 24.0 Å². The molecule has 1 fully saturated rings. The van der Waals surface area contributed by atoms with Crippen molar-refractivity contribution < 1.29 is 52.5 Å². The van der Waals surface area contributed by atoms with Crippen LogP contribution in [-0.2, 0) is 54.3 Å². The molecule has 1 amide bonds. The highest BCUT2D eigenvalue weighted by molar-refractivity contribution is 5.90. The summed E-state index contributed by atoms with van der Waals surface area (Å²) >= 11 is 0. The number of esters is 3. The molecule has 0 aromatic heterocycles. The lowest BCUT2D eigenvalue weighted by Crippen LogP contribution is -2.64. The van der Waals surface area contributed by atoms with E-state index in [1.165, 1.54) is 6.08 Å². The molecule has 2 unspecified atom stereocenters. The van der Waals surface area contributed by atoms with Crippen LogP contribution in [0, 0.1) is 16.2 Å². The van der Waals surface area contributed by atoms with E-state index in [1.807, 2.05) is 30.3 Å². The molecular formula is C44H66N2O11. The van der Waals surface area contributed by atoms with Crippen molar-refractivity contribution >= 4 is 36.1 Å². The van der Waals surface area contributed by atoms with Crippen molar-refractivity contribution in [2.75, 3.05) is 13.2 Å². The molecule has 318 valence electrons. The molecule has 0 bridgehead atoms. The van der Waals surface area contributed by atoms with Gasteiger partial charge < -0.3 is 38.3 Å². The highest BCUT2D eigenvalue weighted by Gasteiger charge is 2.53. The van der Waals surface area contributed by atoms with Crippen LogP contribution >= 0.6 is 0 Å². The molecule has 1 aromatic rings. The molecular weight excluding hydrogens is 732 g/mol. The molecule has 3 rings (SSSR count). The Morgan fingerprint density at radius 1 is 0.860 bits per heavy atom. The number of hydrogen-bond donors (Lipinski definition) is 0. The second-order valence-electron chi connectivity index (χ2n) is 18.2. The lowest BCUT2D eigenvalue weighted by Gasteiger charge is -2.49. The van der Waals surface area contributed by atoms with Crippen molar-refractivity contribution in [2.45, 2.75) is 164 Å². The van der Waals surface area contributed by atoms with Crippen molar-refractivity contribution in [1.82, 2.24) is 9.80 Å². The smallest absolute Gasteiger partial charge is 0.410 e. The Morgan fingerprint density at radius 2 is 1.46 bits per heavy atom. The maximum Gasteiger partial charge on any atom is 0.410 e. The Bertz CT molecular complexity index is 1540. The number of rotatable bonds is 17. The number of hydrogen-bond acceptors (Lipinski definition) is 12. The fourth-order valence-corrected chi connectivity index (χ4v) is 6.41. The van der Waals surface area contributed by atoms with Crippen LogP contribution in [-0.4, -0.2) is 95.6 Å². The van der Waals surface area contributed by atoms with E-state index in [-0.39, 0.29) is 38.4 Å². The van der Waals surface area contributed by atoms with E-state index >= 15 is 0 Å².